The molecule has 3 heterocycles. The monoisotopic (exact) mass is 402 g/mol. The van der Waals surface area contributed by atoms with Gasteiger partial charge in [0.25, 0.3) is 0 Å². The Morgan fingerprint density at radius 2 is 2.10 bits per heavy atom. The highest BCUT2D eigenvalue weighted by Crippen LogP contribution is 2.38. The molecule has 0 spiro atoms. The highest BCUT2D eigenvalue weighted by molar-refractivity contribution is 5.76. The number of carbonyl (C=O) groups excluding carboxylic acids is 1. The van der Waals surface area contributed by atoms with Gasteiger partial charge in [0, 0.05) is 39.4 Å². The summed E-state index contributed by atoms with van der Waals surface area (Å²) in [6.45, 7) is 7.05. The molecule has 2 aromatic rings. The van der Waals surface area contributed by atoms with Gasteiger partial charge in [-0.25, -0.2) is 0 Å². The predicted molar refractivity (Wildman–Crippen MR) is 105 cm³/mol. The molecule has 29 heavy (non-hydrogen) atoms. The lowest BCUT2D eigenvalue weighted by Crippen LogP contribution is -2.50. The summed E-state index contributed by atoms with van der Waals surface area (Å²) in [4.78, 5) is 19.2. The zero-order chi connectivity index (χ0) is 20.4. The summed E-state index contributed by atoms with van der Waals surface area (Å²) in [6.07, 6.45) is 4.28. The molecule has 9 heteroatoms. The first-order chi connectivity index (χ1) is 14.0. The van der Waals surface area contributed by atoms with Gasteiger partial charge < -0.3 is 14.6 Å². The molecule has 0 bridgehead atoms. The average molecular weight is 402 g/mol. The van der Waals surface area contributed by atoms with E-state index >= 15 is 0 Å². The Morgan fingerprint density at radius 1 is 1.31 bits per heavy atom. The van der Waals surface area contributed by atoms with Crippen molar-refractivity contribution in [3.05, 3.63) is 29.7 Å². The molecular weight excluding hydrogens is 372 g/mol. The van der Waals surface area contributed by atoms with E-state index in [2.05, 4.69) is 25.5 Å². The van der Waals surface area contributed by atoms with Crippen LogP contribution in [-0.2, 0) is 22.6 Å². The fraction of sp³-hybridized carbons (Fsp3) is 0.700. The van der Waals surface area contributed by atoms with E-state index in [0.717, 1.165) is 31.6 Å². The SMILES string of the molecule is CO[C@H]1C[C@@H]2CN(Cc3nc(C)no3)C[C@@H]2C[C@@H]1NC(=O)CCn1ccc(C)n1. The van der Waals surface area contributed by atoms with Crippen molar-refractivity contribution >= 4 is 5.91 Å². The van der Waals surface area contributed by atoms with Gasteiger partial charge >= 0.3 is 0 Å². The van der Waals surface area contributed by atoms with Crippen LogP contribution < -0.4 is 5.32 Å². The second-order valence-corrected chi connectivity index (χ2v) is 8.34. The lowest BCUT2D eigenvalue weighted by atomic mass is 9.77. The number of amides is 1. The number of hydrogen-bond donors (Lipinski definition) is 1. The summed E-state index contributed by atoms with van der Waals surface area (Å²) < 4.78 is 12.8. The molecule has 0 aromatic carbocycles. The third kappa shape index (κ3) is 4.84. The van der Waals surface area contributed by atoms with E-state index < -0.39 is 0 Å². The third-order valence-corrected chi connectivity index (χ3v) is 6.11. The number of nitrogens with one attached hydrogen (secondary N) is 1. The first kappa shape index (κ1) is 20.0. The molecule has 1 saturated heterocycles. The molecule has 1 aliphatic heterocycles. The van der Waals surface area contributed by atoms with Crippen LogP contribution in [0.4, 0.5) is 0 Å². The second kappa shape index (κ2) is 8.62. The minimum Gasteiger partial charge on any atom is -0.379 e. The lowest BCUT2D eigenvalue weighted by Gasteiger charge is -2.37. The van der Waals surface area contributed by atoms with E-state index in [1.54, 1.807) is 7.11 Å². The first-order valence-corrected chi connectivity index (χ1v) is 10.3. The number of likely N-dealkylation sites (tertiary alicyclic amines) is 1. The number of ether oxygens (including phenoxy) is 1. The van der Waals surface area contributed by atoms with Gasteiger partial charge in [-0.15, -0.1) is 0 Å². The molecule has 0 radical (unpaired) electrons. The van der Waals surface area contributed by atoms with E-state index in [1.807, 2.05) is 30.8 Å². The summed E-state index contributed by atoms with van der Waals surface area (Å²) in [5.41, 5.74) is 0.963. The summed E-state index contributed by atoms with van der Waals surface area (Å²) in [7, 11) is 1.74. The van der Waals surface area contributed by atoms with Crippen LogP contribution in [0.15, 0.2) is 16.8 Å². The van der Waals surface area contributed by atoms with E-state index in [4.69, 9.17) is 9.26 Å². The summed E-state index contributed by atoms with van der Waals surface area (Å²) in [5, 5.41) is 11.4. The van der Waals surface area contributed by atoms with Crippen LogP contribution in [-0.4, -0.2) is 63.1 Å². The number of fused-ring (bicyclic) bond motifs is 1. The highest BCUT2D eigenvalue weighted by Gasteiger charge is 2.43. The van der Waals surface area contributed by atoms with E-state index in [9.17, 15) is 4.79 Å². The Kier molecular flexibility index (Phi) is 5.96. The van der Waals surface area contributed by atoms with Gasteiger partial charge in [-0.05, 0) is 44.6 Å². The Bertz CT molecular complexity index is 834. The average Bonchev–Trinajstić information content (AvgIpc) is 3.39. The summed E-state index contributed by atoms with van der Waals surface area (Å²) in [6, 6.07) is 2.00. The van der Waals surface area contributed by atoms with Gasteiger partial charge in [-0.2, -0.15) is 10.1 Å². The minimum absolute atomic E-state index is 0.0535. The van der Waals surface area contributed by atoms with Crippen LogP contribution in [0.2, 0.25) is 0 Å². The Morgan fingerprint density at radius 3 is 2.76 bits per heavy atom. The molecule has 4 rings (SSSR count). The van der Waals surface area contributed by atoms with Crippen LogP contribution in [0.3, 0.4) is 0 Å². The van der Waals surface area contributed by atoms with Crippen LogP contribution >= 0.6 is 0 Å². The molecular formula is C20H30N6O3. The van der Waals surface area contributed by atoms with Crippen molar-refractivity contribution in [1.29, 1.82) is 0 Å². The van der Waals surface area contributed by atoms with E-state index in [0.29, 0.717) is 43.1 Å². The van der Waals surface area contributed by atoms with Gasteiger partial charge in [0.1, 0.15) is 0 Å². The molecule has 4 atom stereocenters. The normalized spacial score (nSPS) is 27.1. The van der Waals surface area contributed by atoms with E-state index in [-0.39, 0.29) is 18.1 Å². The highest BCUT2D eigenvalue weighted by atomic mass is 16.5. The molecule has 0 unspecified atom stereocenters. The topological polar surface area (TPSA) is 98.3 Å². The maximum atomic E-state index is 12.5. The number of carbonyl (C=O) groups is 1. The largest absolute Gasteiger partial charge is 0.379 e. The smallest absolute Gasteiger partial charge is 0.240 e. The number of aromatic nitrogens is 4. The van der Waals surface area contributed by atoms with Gasteiger partial charge in [0.15, 0.2) is 5.82 Å². The Balaban J connectivity index is 1.30. The summed E-state index contributed by atoms with van der Waals surface area (Å²) in [5.74, 6) is 2.51. The van der Waals surface area contributed by atoms with Crippen molar-refractivity contribution in [3.63, 3.8) is 0 Å². The molecule has 1 aliphatic carbocycles. The minimum atomic E-state index is 0.0535. The number of aryl methyl sites for hydroxylation is 3. The van der Waals surface area contributed by atoms with E-state index in [1.165, 1.54) is 0 Å². The molecule has 2 aliphatic rings. The van der Waals surface area contributed by atoms with Crippen molar-refractivity contribution < 1.29 is 14.1 Å². The molecule has 2 aromatic heterocycles. The molecule has 158 valence electrons. The molecule has 1 N–H and O–H groups in total. The molecule has 2 fully saturated rings. The predicted octanol–water partition coefficient (Wildman–Crippen LogP) is 1.31. The van der Waals surface area contributed by atoms with Gasteiger partial charge in [-0.1, -0.05) is 5.16 Å². The fourth-order valence-corrected chi connectivity index (χ4v) is 4.73. The van der Waals surface area contributed by atoms with Crippen molar-refractivity contribution in [1.82, 2.24) is 30.1 Å². The fourth-order valence-electron chi connectivity index (χ4n) is 4.73. The molecule has 9 nitrogen and oxygen atoms in total. The van der Waals surface area contributed by atoms with Crippen molar-refractivity contribution in [2.75, 3.05) is 20.2 Å². The van der Waals surface area contributed by atoms with Crippen LogP contribution in [0, 0.1) is 25.7 Å². The van der Waals surface area contributed by atoms with Gasteiger partial charge in [-0.3, -0.25) is 14.4 Å². The van der Waals surface area contributed by atoms with Crippen LogP contribution in [0.5, 0.6) is 0 Å². The zero-order valence-corrected chi connectivity index (χ0v) is 17.4. The standard InChI is InChI=1S/C20H30N6O3/c1-13-4-6-26(23-13)7-5-19(27)22-17-8-15-10-25(11-16(15)9-18(17)28-3)12-20-21-14(2)24-29-20/h4,6,15-18H,5,7-12H2,1-3H3,(H,22,27)/t15-,16+,17-,18-/m0/s1. The third-order valence-electron chi connectivity index (χ3n) is 6.11. The Hall–Kier alpha value is -2.26. The second-order valence-electron chi connectivity index (χ2n) is 8.34. The quantitative estimate of drug-likeness (QED) is 0.746. The molecule has 1 saturated carbocycles. The first-order valence-electron chi connectivity index (χ1n) is 10.3. The number of hydrogen-bond acceptors (Lipinski definition) is 7. The Labute approximate surface area is 170 Å². The number of rotatable bonds is 7. The maximum absolute atomic E-state index is 12.5. The lowest BCUT2D eigenvalue weighted by molar-refractivity contribution is -0.124. The van der Waals surface area contributed by atoms with Gasteiger partial charge in [0.05, 0.1) is 24.4 Å². The van der Waals surface area contributed by atoms with Crippen molar-refractivity contribution in [3.8, 4) is 0 Å². The van der Waals surface area contributed by atoms with Gasteiger partial charge in [0.2, 0.25) is 11.8 Å². The zero-order valence-electron chi connectivity index (χ0n) is 17.4. The van der Waals surface area contributed by atoms with Crippen LogP contribution in [0.1, 0.15) is 36.7 Å². The number of methoxy groups -OCH3 is 1. The van der Waals surface area contributed by atoms with Crippen LogP contribution in [0.25, 0.3) is 0 Å². The maximum Gasteiger partial charge on any atom is 0.240 e. The summed E-state index contributed by atoms with van der Waals surface area (Å²) >= 11 is 0. The van der Waals surface area contributed by atoms with Crippen molar-refractivity contribution in [2.24, 2.45) is 11.8 Å². The van der Waals surface area contributed by atoms with Crippen molar-refractivity contribution in [2.45, 2.75) is 58.3 Å². The molecule has 1 amide bonds. The number of nitrogens with zero attached hydrogens (tertiary/aromatic N) is 5.